The van der Waals surface area contributed by atoms with Gasteiger partial charge in [-0.15, -0.1) is 0 Å². The van der Waals surface area contributed by atoms with E-state index in [2.05, 4.69) is 4.99 Å². The average Bonchev–Trinajstić information content (AvgIpc) is 2.72. The Morgan fingerprint density at radius 2 is 2.14 bits per heavy atom. The molecule has 0 aromatic heterocycles. The van der Waals surface area contributed by atoms with Crippen LogP contribution in [0.5, 0.6) is 0 Å². The van der Waals surface area contributed by atoms with Gasteiger partial charge in [0.1, 0.15) is 4.38 Å². The topological polar surface area (TPSA) is 16.8 Å². The Hall–Kier alpha value is 0.330. The van der Waals surface area contributed by atoms with Crippen molar-refractivity contribution in [3.05, 3.63) is 0 Å². The fourth-order valence-electron chi connectivity index (χ4n) is 1.99. The molecule has 0 spiro atoms. The lowest BCUT2D eigenvalue weighted by atomic mass is 10.1. The van der Waals surface area contributed by atoms with Crippen LogP contribution in [0.1, 0.15) is 19.3 Å². The van der Waals surface area contributed by atoms with E-state index < -0.39 is 0 Å². The molecule has 2 nitrogen and oxygen atoms in total. The highest BCUT2D eigenvalue weighted by molar-refractivity contribution is 8.39. The van der Waals surface area contributed by atoms with Gasteiger partial charge in [-0.1, -0.05) is 23.5 Å². The van der Waals surface area contributed by atoms with Crippen molar-refractivity contribution in [2.45, 2.75) is 19.3 Å². The third-order valence-corrected chi connectivity index (χ3v) is 5.05. The molecule has 1 N–H and O–H groups in total. The fourth-order valence-corrected chi connectivity index (χ4v) is 4.11. The van der Waals surface area contributed by atoms with Crippen LogP contribution >= 0.6 is 23.5 Å². The minimum absolute atomic E-state index is 1.05. The van der Waals surface area contributed by atoms with Gasteiger partial charge in [0.05, 0.1) is 26.2 Å². The second kappa shape index (κ2) is 6.03. The lowest BCUT2D eigenvalue weighted by Crippen LogP contribution is -3.13. The third-order valence-electron chi connectivity index (χ3n) is 2.80. The first-order valence-corrected chi connectivity index (χ1v) is 7.56. The molecular weight excluding hydrogens is 212 g/mol. The molecule has 0 saturated carbocycles. The van der Waals surface area contributed by atoms with Crippen molar-refractivity contribution < 1.29 is 4.90 Å². The van der Waals surface area contributed by atoms with Gasteiger partial charge in [-0.25, -0.2) is 0 Å². The maximum Gasteiger partial charge on any atom is 0.124 e. The predicted octanol–water partition coefficient (Wildman–Crippen LogP) is 0.891. The van der Waals surface area contributed by atoms with Crippen LogP contribution in [0.25, 0.3) is 0 Å². The van der Waals surface area contributed by atoms with Crippen LogP contribution in [0.3, 0.4) is 0 Å². The zero-order valence-corrected chi connectivity index (χ0v) is 10.3. The Morgan fingerprint density at radius 3 is 2.86 bits per heavy atom. The van der Waals surface area contributed by atoms with E-state index >= 15 is 0 Å². The van der Waals surface area contributed by atoms with Crippen LogP contribution < -0.4 is 4.90 Å². The number of hydrogen-bond acceptors (Lipinski definition) is 3. The average molecular weight is 231 g/mol. The van der Waals surface area contributed by atoms with E-state index in [0.717, 1.165) is 6.54 Å². The highest BCUT2D eigenvalue weighted by atomic mass is 32.2. The molecule has 4 heteroatoms. The maximum atomic E-state index is 4.45. The van der Waals surface area contributed by atoms with E-state index in [-0.39, 0.29) is 0 Å². The molecule has 0 aromatic rings. The first-order chi connectivity index (χ1) is 6.95. The van der Waals surface area contributed by atoms with Gasteiger partial charge < -0.3 is 4.90 Å². The molecule has 1 saturated heterocycles. The molecule has 0 aromatic carbocycles. The van der Waals surface area contributed by atoms with Crippen LogP contribution in [0, 0.1) is 0 Å². The molecule has 0 unspecified atom stereocenters. The van der Waals surface area contributed by atoms with Crippen molar-refractivity contribution in [3.63, 3.8) is 0 Å². The number of thioether (sulfide) groups is 2. The number of likely N-dealkylation sites (tertiary alicyclic amines) is 1. The van der Waals surface area contributed by atoms with Gasteiger partial charge >= 0.3 is 0 Å². The molecule has 0 bridgehead atoms. The molecule has 14 heavy (non-hydrogen) atoms. The lowest BCUT2D eigenvalue weighted by Gasteiger charge is -2.23. The summed E-state index contributed by atoms with van der Waals surface area (Å²) in [6.45, 7) is 5.19. The normalized spacial score (nSPS) is 23.9. The molecule has 2 rings (SSSR count). The molecule has 2 heterocycles. The summed E-state index contributed by atoms with van der Waals surface area (Å²) in [5.41, 5.74) is 0. The van der Waals surface area contributed by atoms with Crippen LogP contribution in [0.4, 0.5) is 0 Å². The standard InChI is InChI=1S/C10H18N2S2/c1-2-5-12(6-3-1)7-9-14-10-11-4-8-13-10/h1-9H2/p+1. The van der Waals surface area contributed by atoms with Crippen molar-refractivity contribution in [3.8, 4) is 0 Å². The molecule has 2 aliphatic rings. The van der Waals surface area contributed by atoms with Crippen LogP contribution in [-0.4, -0.2) is 42.1 Å². The highest BCUT2D eigenvalue weighted by Gasteiger charge is 2.14. The molecule has 0 radical (unpaired) electrons. The Labute approximate surface area is 94.9 Å². The molecule has 0 amide bonds. The SMILES string of the molecule is C1CC[NH+](CCSC2=NCCS2)CC1. The Bertz CT molecular complexity index is 200. The monoisotopic (exact) mass is 231 g/mol. The highest BCUT2D eigenvalue weighted by Crippen LogP contribution is 2.21. The van der Waals surface area contributed by atoms with Crippen LogP contribution in [-0.2, 0) is 0 Å². The summed E-state index contributed by atoms with van der Waals surface area (Å²) in [6, 6.07) is 0. The number of hydrogen-bond donors (Lipinski definition) is 1. The smallest absolute Gasteiger partial charge is 0.124 e. The maximum absolute atomic E-state index is 4.45. The summed E-state index contributed by atoms with van der Waals surface area (Å²) < 4.78 is 1.33. The summed E-state index contributed by atoms with van der Waals surface area (Å²) in [4.78, 5) is 6.26. The van der Waals surface area contributed by atoms with Gasteiger partial charge in [-0.3, -0.25) is 4.99 Å². The van der Waals surface area contributed by atoms with Gasteiger partial charge in [0.25, 0.3) is 0 Å². The first kappa shape index (κ1) is 10.8. The largest absolute Gasteiger partial charge is 0.334 e. The van der Waals surface area contributed by atoms with E-state index in [4.69, 9.17) is 0 Å². The number of nitrogens with zero attached hydrogens (tertiary/aromatic N) is 1. The van der Waals surface area contributed by atoms with E-state index in [1.165, 1.54) is 54.8 Å². The van der Waals surface area contributed by atoms with Gasteiger partial charge in [0.15, 0.2) is 0 Å². The van der Waals surface area contributed by atoms with E-state index in [1.807, 2.05) is 28.4 Å². The molecule has 2 aliphatic heterocycles. The van der Waals surface area contributed by atoms with E-state index in [9.17, 15) is 0 Å². The van der Waals surface area contributed by atoms with Gasteiger partial charge in [0, 0.05) is 11.5 Å². The summed E-state index contributed by atoms with van der Waals surface area (Å²) in [7, 11) is 0. The summed E-state index contributed by atoms with van der Waals surface area (Å²) >= 11 is 3.90. The van der Waals surface area contributed by atoms with Crippen molar-refractivity contribution in [1.29, 1.82) is 0 Å². The van der Waals surface area contributed by atoms with Gasteiger partial charge in [-0.2, -0.15) is 0 Å². The Kier molecular flexibility index (Phi) is 4.67. The van der Waals surface area contributed by atoms with Crippen molar-refractivity contribution >= 4 is 27.9 Å². The van der Waals surface area contributed by atoms with Crippen molar-refractivity contribution in [1.82, 2.24) is 0 Å². The molecular formula is C10H19N2S2+. The fraction of sp³-hybridized carbons (Fsp3) is 0.900. The molecule has 0 aliphatic carbocycles. The van der Waals surface area contributed by atoms with Crippen LogP contribution in [0.15, 0.2) is 4.99 Å². The Morgan fingerprint density at radius 1 is 1.29 bits per heavy atom. The van der Waals surface area contributed by atoms with E-state index in [0.29, 0.717) is 0 Å². The Balaban J connectivity index is 1.57. The summed E-state index contributed by atoms with van der Waals surface area (Å²) in [6.07, 6.45) is 4.34. The minimum atomic E-state index is 1.05. The van der Waals surface area contributed by atoms with Gasteiger partial charge in [-0.05, 0) is 19.3 Å². The first-order valence-electron chi connectivity index (χ1n) is 5.59. The predicted molar refractivity (Wildman–Crippen MR) is 66.6 cm³/mol. The lowest BCUT2D eigenvalue weighted by molar-refractivity contribution is -0.902. The number of aliphatic imine (C=N–C) groups is 1. The zero-order valence-electron chi connectivity index (χ0n) is 8.63. The quantitative estimate of drug-likeness (QED) is 0.777. The second-order valence-electron chi connectivity index (χ2n) is 3.91. The van der Waals surface area contributed by atoms with E-state index in [1.54, 1.807) is 0 Å². The second-order valence-corrected chi connectivity index (χ2v) is 6.33. The van der Waals surface area contributed by atoms with Crippen LogP contribution in [0.2, 0.25) is 0 Å². The molecule has 1 fully saturated rings. The zero-order chi connectivity index (χ0) is 9.64. The number of nitrogens with one attached hydrogen (secondary N) is 1. The van der Waals surface area contributed by atoms with Crippen molar-refractivity contribution in [2.75, 3.05) is 37.7 Å². The third kappa shape index (κ3) is 3.48. The number of piperidine rings is 1. The van der Waals surface area contributed by atoms with Gasteiger partial charge in [0.2, 0.25) is 0 Å². The minimum Gasteiger partial charge on any atom is -0.334 e. The molecule has 80 valence electrons. The summed E-state index contributed by atoms with van der Waals surface area (Å²) in [5.74, 6) is 2.47. The summed E-state index contributed by atoms with van der Waals surface area (Å²) in [5, 5.41) is 0. The number of quaternary nitrogens is 1. The number of rotatable bonds is 3. The molecule has 0 atom stereocenters. The van der Waals surface area contributed by atoms with Crippen molar-refractivity contribution in [2.24, 2.45) is 4.99 Å².